The Hall–Kier alpha value is -1.08. The number of hydrogen-bond acceptors (Lipinski definition) is 4. The van der Waals surface area contributed by atoms with E-state index in [1.54, 1.807) is 13.1 Å². The molecule has 1 aliphatic rings. The number of nitrogens with one attached hydrogen (secondary N) is 1. The summed E-state index contributed by atoms with van der Waals surface area (Å²) in [6, 6.07) is -0.597. The molecule has 19 heavy (non-hydrogen) atoms. The van der Waals surface area contributed by atoms with Gasteiger partial charge in [0.2, 0.25) is 0 Å². The topological polar surface area (TPSA) is 62.2 Å². The van der Waals surface area contributed by atoms with Crippen LogP contribution in [0.4, 0.5) is 8.78 Å². The Morgan fingerprint density at radius 3 is 2.68 bits per heavy atom. The molecule has 0 aromatic carbocycles. The SMILES string of the molecule is Cc1cnc(C(C)NC(=O)C(F)(F)C2(O)CCC2)s1. The second-order valence-corrected chi connectivity index (χ2v) is 6.23. The number of hydrogen-bond donors (Lipinski definition) is 2. The fraction of sp³-hybridized carbons (Fsp3) is 0.667. The van der Waals surface area contributed by atoms with Crippen molar-refractivity contribution in [3.05, 3.63) is 16.1 Å². The van der Waals surface area contributed by atoms with E-state index in [0.29, 0.717) is 11.4 Å². The molecule has 0 saturated heterocycles. The monoisotopic (exact) mass is 290 g/mol. The molecule has 1 aliphatic carbocycles. The molecule has 0 aliphatic heterocycles. The van der Waals surface area contributed by atoms with Crippen LogP contribution in [0.15, 0.2) is 6.20 Å². The van der Waals surface area contributed by atoms with E-state index < -0.39 is 23.5 Å². The summed E-state index contributed by atoms with van der Waals surface area (Å²) in [5.74, 6) is -5.19. The summed E-state index contributed by atoms with van der Waals surface area (Å²) in [6.45, 7) is 3.44. The summed E-state index contributed by atoms with van der Waals surface area (Å²) in [7, 11) is 0. The molecule has 1 atom stereocenters. The average Bonchev–Trinajstić information content (AvgIpc) is 2.72. The predicted molar refractivity (Wildman–Crippen MR) is 67.2 cm³/mol. The van der Waals surface area contributed by atoms with Crippen LogP contribution in [0.5, 0.6) is 0 Å². The number of alkyl halides is 2. The van der Waals surface area contributed by atoms with E-state index in [-0.39, 0.29) is 12.8 Å². The number of rotatable bonds is 4. The highest BCUT2D eigenvalue weighted by molar-refractivity contribution is 7.11. The van der Waals surface area contributed by atoms with Gasteiger partial charge in [0.15, 0.2) is 0 Å². The zero-order valence-electron chi connectivity index (χ0n) is 10.7. The molecule has 4 nitrogen and oxygen atoms in total. The van der Waals surface area contributed by atoms with Crippen LogP contribution in [0.25, 0.3) is 0 Å². The van der Waals surface area contributed by atoms with Crippen LogP contribution >= 0.6 is 11.3 Å². The Morgan fingerprint density at radius 1 is 1.63 bits per heavy atom. The third kappa shape index (κ3) is 2.49. The first kappa shape index (κ1) is 14.3. The van der Waals surface area contributed by atoms with Crippen molar-refractivity contribution in [1.82, 2.24) is 10.3 Å². The lowest BCUT2D eigenvalue weighted by molar-refractivity contribution is -0.216. The molecular weight excluding hydrogens is 274 g/mol. The molecule has 1 unspecified atom stereocenters. The van der Waals surface area contributed by atoms with Crippen molar-refractivity contribution in [1.29, 1.82) is 0 Å². The van der Waals surface area contributed by atoms with Gasteiger partial charge in [0, 0.05) is 11.1 Å². The average molecular weight is 290 g/mol. The zero-order chi connectivity index (χ0) is 14.3. The fourth-order valence-electron chi connectivity index (χ4n) is 1.96. The van der Waals surface area contributed by atoms with Crippen LogP contribution in [0, 0.1) is 6.92 Å². The molecule has 2 N–H and O–H groups in total. The van der Waals surface area contributed by atoms with Gasteiger partial charge in [-0.15, -0.1) is 11.3 Å². The Balaban J connectivity index is 2.04. The summed E-state index contributed by atoms with van der Waals surface area (Å²) >= 11 is 1.34. The van der Waals surface area contributed by atoms with Crippen LogP contribution < -0.4 is 5.32 Å². The lowest BCUT2D eigenvalue weighted by Crippen LogP contribution is -2.60. The van der Waals surface area contributed by atoms with E-state index in [0.717, 1.165) is 4.88 Å². The largest absolute Gasteiger partial charge is 0.383 e. The highest BCUT2D eigenvalue weighted by Crippen LogP contribution is 2.44. The maximum atomic E-state index is 13.8. The Kier molecular flexibility index (Phi) is 3.61. The molecule has 0 spiro atoms. The maximum absolute atomic E-state index is 13.8. The highest BCUT2D eigenvalue weighted by Gasteiger charge is 2.61. The van der Waals surface area contributed by atoms with Gasteiger partial charge in [-0.2, -0.15) is 8.78 Å². The van der Waals surface area contributed by atoms with Crippen LogP contribution in [-0.4, -0.2) is 27.5 Å². The van der Waals surface area contributed by atoms with E-state index in [1.165, 1.54) is 11.3 Å². The third-order valence-corrected chi connectivity index (χ3v) is 4.50. The van der Waals surface area contributed by atoms with Gasteiger partial charge in [-0.05, 0) is 33.1 Å². The summed E-state index contributed by atoms with van der Waals surface area (Å²) < 4.78 is 27.7. The number of aromatic nitrogens is 1. The molecule has 0 bridgehead atoms. The number of amides is 1. The first-order valence-electron chi connectivity index (χ1n) is 6.10. The van der Waals surface area contributed by atoms with E-state index in [9.17, 15) is 18.7 Å². The minimum Gasteiger partial charge on any atom is -0.383 e. The Morgan fingerprint density at radius 2 is 2.26 bits per heavy atom. The summed E-state index contributed by atoms with van der Waals surface area (Å²) in [4.78, 5) is 16.6. The lowest BCUT2D eigenvalue weighted by Gasteiger charge is -2.41. The highest BCUT2D eigenvalue weighted by atomic mass is 32.1. The quantitative estimate of drug-likeness (QED) is 0.893. The summed E-state index contributed by atoms with van der Waals surface area (Å²) in [5.41, 5.74) is -2.18. The minimum absolute atomic E-state index is 0.0435. The predicted octanol–water partition coefficient (Wildman–Crippen LogP) is 2.18. The third-order valence-electron chi connectivity index (χ3n) is 3.41. The molecule has 1 fully saturated rings. The second kappa shape index (κ2) is 4.79. The van der Waals surface area contributed by atoms with Gasteiger partial charge in [-0.25, -0.2) is 4.98 Å². The Labute approximate surface area is 113 Å². The van der Waals surface area contributed by atoms with Gasteiger partial charge in [-0.1, -0.05) is 0 Å². The molecular formula is C12H16F2N2O2S. The Bertz CT molecular complexity index is 486. The number of aliphatic hydroxyl groups is 1. The lowest BCUT2D eigenvalue weighted by atomic mass is 9.75. The molecule has 106 valence electrons. The maximum Gasteiger partial charge on any atom is 0.352 e. The number of halogens is 2. The number of carbonyl (C=O) groups excluding carboxylic acids is 1. The molecule has 0 radical (unpaired) electrons. The van der Waals surface area contributed by atoms with Crippen LogP contribution in [-0.2, 0) is 4.79 Å². The first-order chi connectivity index (χ1) is 8.76. The smallest absolute Gasteiger partial charge is 0.352 e. The molecule has 1 aromatic heterocycles. The van der Waals surface area contributed by atoms with Crippen LogP contribution in [0.1, 0.15) is 42.1 Å². The number of nitrogens with zero attached hydrogens (tertiary/aromatic N) is 1. The molecule has 1 amide bonds. The number of aryl methyl sites for hydroxylation is 1. The molecule has 1 saturated carbocycles. The summed E-state index contributed by atoms with van der Waals surface area (Å²) in [5, 5.41) is 12.5. The van der Waals surface area contributed by atoms with Gasteiger partial charge in [0.25, 0.3) is 5.91 Å². The second-order valence-electron chi connectivity index (χ2n) is 4.96. The van der Waals surface area contributed by atoms with Crippen LogP contribution in [0.2, 0.25) is 0 Å². The van der Waals surface area contributed by atoms with Gasteiger partial charge in [0.1, 0.15) is 10.6 Å². The van der Waals surface area contributed by atoms with E-state index in [1.807, 2.05) is 6.92 Å². The molecule has 7 heteroatoms. The van der Waals surface area contributed by atoms with Crippen molar-refractivity contribution in [3.63, 3.8) is 0 Å². The summed E-state index contributed by atoms with van der Waals surface area (Å²) in [6.07, 6.45) is 2.05. The van der Waals surface area contributed by atoms with Crippen LogP contribution in [0.3, 0.4) is 0 Å². The molecule has 1 aromatic rings. The zero-order valence-corrected chi connectivity index (χ0v) is 11.6. The van der Waals surface area contributed by atoms with Gasteiger partial charge >= 0.3 is 5.92 Å². The van der Waals surface area contributed by atoms with Crippen molar-refractivity contribution in [3.8, 4) is 0 Å². The van der Waals surface area contributed by atoms with Gasteiger partial charge in [0.05, 0.1) is 6.04 Å². The molecule has 1 heterocycles. The normalized spacial score (nSPS) is 19.6. The van der Waals surface area contributed by atoms with E-state index >= 15 is 0 Å². The number of carbonyl (C=O) groups is 1. The van der Waals surface area contributed by atoms with Crippen molar-refractivity contribution in [2.24, 2.45) is 0 Å². The van der Waals surface area contributed by atoms with Crippen molar-refractivity contribution in [2.45, 2.75) is 50.7 Å². The van der Waals surface area contributed by atoms with Gasteiger partial charge in [-0.3, -0.25) is 4.79 Å². The standard InChI is InChI=1S/C12H16F2N2O2S/c1-7-6-15-9(19-7)8(2)16-10(17)12(13,14)11(18)4-3-5-11/h6,8,18H,3-5H2,1-2H3,(H,16,17). The number of thiazole rings is 1. The van der Waals surface area contributed by atoms with Crippen molar-refractivity contribution >= 4 is 17.2 Å². The minimum atomic E-state index is -3.76. The van der Waals surface area contributed by atoms with Gasteiger partial charge < -0.3 is 10.4 Å². The van der Waals surface area contributed by atoms with E-state index in [2.05, 4.69) is 10.3 Å². The fourth-order valence-corrected chi connectivity index (χ4v) is 2.73. The van der Waals surface area contributed by atoms with Crippen molar-refractivity contribution < 1.29 is 18.7 Å². The van der Waals surface area contributed by atoms with Crippen molar-refractivity contribution in [2.75, 3.05) is 0 Å². The first-order valence-corrected chi connectivity index (χ1v) is 6.91. The van der Waals surface area contributed by atoms with E-state index in [4.69, 9.17) is 0 Å². The molecule has 2 rings (SSSR count).